The number of ether oxygens (including phenoxy) is 2. The molecule has 1 amide bonds. The Labute approximate surface area is 187 Å². The van der Waals surface area contributed by atoms with E-state index in [0.29, 0.717) is 30.4 Å². The van der Waals surface area contributed by atoms with Crippen molar-refractivity contribution in [3.05, 3.63) is 89.0 Å². The number of aromatic carboxylic acids is 1. The highest BCUT2D eigenvalue weighted by Crippen LogP contribution is 2.43. The van der Waals surface area contributed by atoms with Gasteiger partial charge in [-0.15, -0.1) is 0 Å². The molecule has 0 bridgehead atoms. The molecule has 0 fully saturated rings. The van der Waals surface area contributed by atoms with Crippen molar-refractivity contribution in [2.75, 3.05) is 18.1 Å². The maximum Gasteiger partial charge on any atom is 0.335 e. The van der Waals surface area contributed by atoms with Crippen LogP contribution >= 0.6 is 0 Å². The quantitative estimate of drug-likeness (QED) is 0.578. The van der Waals surface area contributed by atoms with Gasteiger partial charge in [0.15, 0.2) is 11.5 Å². The van der Waals surface area contributed by atoms with Crippen LogP contribution in [-0.4, -0.2) is 30.2 Å². The number of benzene rings is 3. The Hall–Kier alpha value is -3.80. The Kier molecular flexibility index (Phi) is 6.12. The SMILES string of the molecule is CCOc1cc2c(cc1OCC)[C@@H](c1ccccc1)N(c1ccc(C(=O)O)cc1)C(=O)C2. The molecule has 3 aromatic rings. The number of hydrogen-bond acceptors (Lipinski definition) is 4. The summed E-state index contributed by atoms with van der Waals surface area (Å²) in [5.74, 6) is 0.203. The minimum Gasteiger partial charge on any atom is -0.490 e. The van der Waals surface area contributed by atoms with Gasteiger partial charge in [-0.05, 0) is 66.9 Å². The molecular weight excluding hydrogens is 406 g/mol. The van der Waals surface area contributed by atoms with E-state index >= 15 is 0 Å². The van der Waals surface area contributed by atoms with E-state index in [2.05, 4.69) is 0 Å². The number of rotatable bonds is 7. The third-order valence-corrected chi connectivity index (χ3v) is 5.48. The average molecular weight is 431 g/mol. The molecule has 1 aliphatic rings. The smallest absolute Gasteiger partial charge is 0.335 e. The number of carbonyl (C=O) groups excluding carboxylic acids is 1. The molecule has 0 unspecified atom stereocenters. The normalized spacial score (nSPS) is 15.2. The highest BCUT2D eigenvalue weighted by Gasteiger charge is 2.36. The molecule has 6 nitrogen and oxygen atoms in total. The second-order valence-corrected chi connectivity index (χ2v) is 7.47. The highest BCUT2D eigenvalue weighted by molar-refractivity contribution is 5.99. The maximum atomic E-state index is 13.4. The van der Waals surface area contributed by atoms with Crippen LogP contribution in [0.25, 0.3) is 0 Å². The van der Waals surface area contributed by atoms with Gasteiger partial charge >= 0.3 is 5.97 Å². The van der Waals surface area contributed by atoms with Crippen LogP contribution in [-0.2, 0) is 11.2 Å². The molecule has 1 atom stereocenters. The number of fused-ring (bicyclic) bond motifs is 1. The largest absolute Gasteiger partial charge is 0.490 e. The van der Waals surface area contributed by atoms with E-state index in [4.69, 9.17) is 9.47 Å². The molecular formula is C26H25NO5. The summed E-state index contributed by atoms with van der Waals surface area (Å²) in [5, 5.41) is 9.24. The number of amides is 1. The first-order valence-corrected chi connectivity index (χ1v) is 10.7. The lowest BCUT2D eigenvalue weighted by Gasteiger charge is -2.38. The van der Waals surface area contributed by atoms with Crippen molar-refractivity contribution < 1.29 is 24.2 Å². The number of nitrogens with zero attached hydrogens (tertiary/aromatic N) is 1. The first-order chi connectivity index (χ1) is 15.5. The summed E-state index contributed by atoms with van der Waals surface area (Å²) in [7, 11) is 0. The van der Waals surface area contributed by atoms with Crippen molar-refractivity contribution in [2.24, 2.45) is 0 Å². The number of carboxylic acid groups (broad SMARTS) is 1. The van der Waals surface area contributed by atoms with E-state index < -0.39 is 5.97 Å². The molecule has 1 N–H and O–H groups in total. The molecule has 4 rings (SSSR count). The highest BCUT2D eigenvalue weighted by atomic mass is 16.5. The third kappa shape index (κ3) is 4.04. The van der Waals surface area contributed by atoms with Gasteiger partial charge in [0.05, 0.1) is 31.2 Å². The number of anilines is 1. The van der Waals surface area contributed by atoms with Gasteiger partial charge in [-0.25, -0.2) is 4.79 Å². The number of carboxylic acids is 1. The summed E-state index contributed by atoms with van der Waals surface area (Å²) in [4.78, 5) is 26.4. The molecule has 0 saturated carbocycles. The zero-order valence-corrected chi connectivity index (χ0v) is 18.1. The monoisotopic (exact) mass is 431 g/mol. The van der Waals surface area contributed by atoms with E-state index in [-0.39, 0.29) is 23.9 Å². The predicted octanol–water partition coefficient (Wildman–Crippen LogP) is 4.86. The number of carbonyl (C=O) groups is 2. The van der Waals surface area contributed by atoms with Crippen molar-refractivity contribution >= 4 is 17.6 Å². The van der Waals surface area contributed by atoms with E-state index in [9.17, 15) is 14.7 Å². The summed E-state index contributed by atoms with van der Waals surface area (Å²) >= 11 is 0. The van der Waals surface area contributed by atoms with Crippen LogP contribution in [0.2, 0.25) is 0 Å². The molecule has 1 aliphatic heterocycles. The van der Waals surface area contributed by atoms with Crippen molar-refractivity contribution in [3.8, 4) is 11.5 Å². The molecule has 1 heterocycles. The molecule has 0 saturated heterocycles. The molecule has 164 valence electrons. The van der Waals surface area contributed by atoms with E-state index in [1.165, 1.54) is 12.1 Å². The second kappa shape index (κ2) is 9.14. The molecule has 0 spiro atoms. The van der Waals surface area contributed by atoms with Crippen molar-refractivity contribution in [1.82, 2.24) is 0 Å². The fourth-order valence-electron chi connectivity index (χ4n) is 4.11. The van der Waals surface area contributed by atoms with E-state index in [1.807, 2.05) is 56.3 Å². The summed E-state index contributed by atoms with van der Waals surface area (Å²) in [6.07, 6.45) is 0.214. The summed E-state index contributed by atoms with van der Waals surface area (Å²) in [5.41, 5.74) is 3.64. The minimum atomic E-state index is -1.00. The third-order valence-electron chi connectivity index (χ3n) is 5.48. The van der Waals surface area contributed by atoms with E-state index in [1.54, 1.807) is 17.0 Å². The van der Waals surface area contributed by atoms with Gasteiger partial charge in [0.1, 0.15) is 0 Å². The minimum absolute atomic E-state index is 0.0685. The lowest BCUT2D eigenvalue weighted by molar-refractivity contribution is -0.118. The van der Waals surface area contributed by atoms with Crippen LogP contribution in [0.1, 0.15) is 46.9 Å². The molecule has 6 heteroatoms. The Morgan fingerprint density at radius 2 is 1.59 bits per heavy atom. The van der Waals surface area contributed by atoms with Gasteiger partial charge in [0, 0.05) is 5.69 Å². The van der Waals surface area contributed by atoms with Crippen LogP contribution in [0.15, 0.2) is 66.7 Å². The predicted molar refractivity (Wildman–Crippen MR) is 122 cm³/mol. The fourth-order valence-corrected chi connectivity index (χ4v) is 4.11. The van der Waals surface area contributed by atoms with Gasteiger partial charge in [0.2, 0.25) is 5.91 Å². The van der Waals surface area contributed by atoms with Crippen LogP contribution in [0.5, 0.6) is 11.5 Å². The van der Waals surface area contributed by atoms with Crippen LogP contribution in [0.4, 0.5) is 5.69 Å². The van der Waals surface area contributed by atoms with Crippen molar-refractivity contribution in [2.45, 2.75) is 26.3 Å². The molecule has 0 aromatic heterocycles. The topological polar surface area (TPSA) is 76.1 Å². The lowest BCUT2D eigenvalue weighted by atomic mass is 9.86. The van der Waals surface area contributed by atoms with Crippen molar-refractivity contribution in [1.29, 1.82) is 0 Å². The zero-order chi connectivity index (χ0) is 22.7. The summed E-state index contributed by atoms with van der Waals surface area (Å²) in [6.45, 7) is 4.82. The first kappa shape index (κ1) is 21.4. The Balaban J connectivity index is 1.88. The standard InChI is InChI=1S/C26H25NO5/c1-3-31-22-14-19-15-24(28)27(20-12-10-18(11-13-20)26(29)30)25(17-8-6-5-7-9-17)21(19)16-23(22)32-4-2/h5-14,16,25H,3-4,15H2,1-2H3,(H,29,30)/t25-/m1/s1. The van der Waals surface area contributed by atoms with Crippen molar-refractivity contribution in [3.63, 3.8) is 0 Å². The zero-order valence-electron chi connectivity index (χ0n) is 18.1. The molecule has 3 aromatic carbocycles. The lowest BCUT2D eigenvalue weighted by Crippen LogP contribution is -2.41. The van der Waals surface area contributed by atoms with Crippen LogP contribution in [0, 0.1) is 0 Å². The Bertz CT molecular complexity index is 1120. The van der Waals surface area contributed by atoms with Gasteiger partial charge in [0.25, 0.3) is 0 Å². The average Bonchev–Trinajstić information content (AvgIpc) is 2.80. The maximum absolute atomic E-state index is 13.4. The first-order valence-electron chi connectivity index (χ1n) is 10.7. The Morgan fingerprint density at radius 1 is 0.969 bits per heavy atom. The van der Waals surface area contributed by atoms with Gasteiger partial charge in [-0.2, -0.15) is 0 Å². The molecule has 0 radical (unpaired) electrons. The van der Waals surface area contributed by atoms with E-state index in [0.717, 1.165) is 16.7 Å². The van der Waals surface area contributed by atoms with Gasteiger partial charge < -0.3 is 19.5 Å². The second-order valence-electron chi connectivity index (χ2n) is 7.47. The fraction of sp³-hybridized carbons (Fsp3) is 0.231. The summed E-state index contributed by atoms with van der Waals surface area (Å²) < 4.78 is 11.6. The van der Waals surface area contributed by atoms with Gasteiger partial charge in [-0.3, -0.25) is 4.79 Å². The molecule has 32 heavy (non-hydrogen) atoms. The number of hydrogen-bond donors (Lipinski definition) is 1. The van der Waals surface area contributed by atoms with Gasteiger partial charge in [-0.1, -0.05) is 30.3 Å². The summed E-state index contributed by atoms with van der Waals surface area (Å²) in [6, 6.07) is 19.7. The van der Waals surface area contributed by atoms with Crippen LogP contribution < -0.4 is 14.4 Å². The van der Waals surface area contributed by atoms with Crippen LogP contribution in [0.3, 0.4) is 0 Å². The molecule has 0 aliphatic carbocycles. The Morgan fingerprint density at radius 3 is 2.19 bits per heavy atom.